The lowest BCUT2D eigenvalue weighted by molar-refractivity contribution is -0.386. The maximum absolute atomic E-state index is 11.9. The Kier molecular flexibility index (Phi) is 4.57. The third-order valence-corrected chi connectivity index (χ3v) is 3.16. The molecule has 3 N–H and O–H groups in total. The highest BCUT2D eigenvalue weighted by Gasteiger charge is 2.31. The number of phenols is 1. The quantitative estimate of drug-likeness (QED) is 0.431. The number of carboxylic acids is 1. The summed E-state index contributed by atoms with van der Waals surface area (Å²) in [5, 5.41) is 32.2. The van der Waals surface area contributed by atoms with Gasteiger partial charge in [0.05, 0.1) is 10.5 Å². The Bertz CT molecular complexity index is 636. The third-order valence-electron chi connectivity index (χ3n) is 2.56. The van der Waals surface area contributed by atoms with Gasteiger partial charge in [0, 0.05) is 5.41 Å². The number of carboxylic acid groups (broad SMARTS) is 1. The summed E-state index contributed by atoms with van der Waals surface area (Å²) in [6.07, 6.45) is 0. The van der Waals surface area contributed by atoms with Crippen molar-refractivity contribution < 1.29 is 24.7 Å². The number of phenolic OH excluding ortho intramolecular Hbond substituents is 1. The second kappa shape index (κ2) is 5.68. The molecule has 1 aromatic carbocycles. The van der Waals surface area contributed by atoms with Crippen molar-refractivity contribution in [3.63, 3.8) is 0 Å². The van der Waals surface area contributed by atoms with Gasteiger partial charge in [-0.2, -0.15) is 0 Å². The smallest absolute Gasteiger partial charge is 0.338 e. The Morgan fingerprint density at radius 3 is 2.29 bits per heavy atom. The standard InChI is InChI=1S/C12H13BrN2O6/c1-12(2,3)11(19)14-7-5(10(17)18)4-6(13)8(9(7)16)15(20)21/h4,16H,1-3H3,(H,14,19)(H,17,18). The van der Waals surface area contributed by atoms with Gasteiger partial charge in [0.25, 0.3) is 0 Å². The van der Waals surface area contributed by atoms with Crippen molar-refractivity contribution in [3.05, 3.63) is 26.2 Å². The highest BCUT2D eigenvalue weighted by molar-refractivity contribution is 9.10. The Balaban J connectivity index is 3.54. The SMILES string of the molecule is CC(C)(C)C(=O)Nc1c(C(=O)O)cc(Br)c([N+](=O)[O-])c1O. The zero-order valence-corrected chi connectivity index (χ0v) is 13.0. The van der Waals surface area contributed by atoms with Gasteiger partial charge in [-0.3, -0.25) is 14.9 Å². The number of anilines is 1. The number of amides is 1. The number of aromatic carboxylic acids is 1. The minimum absolute atomic E-state index is 0.198. The molecule has 0 saturated carbocycles. The van der Waals surface area contributed by atoms with Crippen LogP contribution in [0.5, 0.6) is 5.75 Å². The van der Waals surface area contributed by atoms with E-state index >= 15 is 0 Å². The molecule has 9 heteroatoms. The maximum Gasteiger partial charge on any atom is 0.338 e. The average molecular weight is 361 g/mol. The van der Waals surface area contributed by atoms with Crippen LogP contribution >= 0.6 is 15.9 Å². The van der Waals surface area contributed by atoms with Crippen molar-refractivity contribution in [3.8, 4) is 5.75 Å². The molecule has 1 aromatic rings. The van der Waals surface area contributed by atoms with Gasteiger partial charge in [-0.25, -0.2) is 4.79 Å². The summed E-state index contributed by atoms with van der Waals surface area (Å²) in [6.45, 7) is 4.73. The molecule has 0 unspecified atom stereocenters. The van der Waals surface area contributed by atoms with Gasteiger partial charge in [0.1, 0.15) is 10.2 Å². The molecule has 1 amide bonds. The summed E-state index contributed by atoms with van der Waals surface area (Å²) in [5.41, 5.74) is -2.55. The van der Waals surface area contributed by atoms with Crippen molar-refractivity contribution in [1.29, 1.82) is 0 Å². The van der Waals surface area contributed by atoms with E-state index in [1.54, 1.807) is 20.8 Å². The average Bonchev–Trinajstić information content (AvgIpc) is 2.30. The molecule has 0 heterocycles. The lowest BCUT2D eigenvalue weighted by Crippen LogP contribution is -2.28. The highest BCUT2D eigenvalue weighted by Crippen LogP contribution is 2.42. The molecule has 0 aliphatic heterocycles. The lowest BCUT2D eigenvalue weighted by atomic mass is 9.95. The van der Waals surface area contributed by atoms with Crippen LogP contribution in [0.4, 0.5) is 11.4 Å². The summed E-state index contributed by atoms with van der Waals surface area (Å²) in [5.74, 6) is -2.94. The highest BCUT2D eigenvalue weighted by atomic mass is 79.9. The first-order chi connectivity index (χ1) is 9.46. The zero-order valence-electron chi connectivity index (χ0n) is 11.4. The van der Waals surface area contributed by atoms with Crippen LogP contribution < -0.4 is 5.32 Å². The molecule has 0 aromatic heterocycles. The molecule has 0 bridgehead atoms. The van der Waals surface area contributed by atoms with E-state index < -0.39 is 44.9 Å². The minimum atomic E-state index is -1.44. The molecule has 0 radical (unpaired) electrons. The van der Waals surface area contributed by atoms with Crippen molar-refractivity contribution in [2.24, 2.45) is 5.41 Å². The van der Waals surface area contributed by atoms with E-state index in [2.05, 4.69) is 21.2 Å². The van der Waals surface area contributed by atoms with E-state index in [0.29, 0.717) is 0 Å². The number of nitrogens with one attached hydrogen (secondary N) is 1. The van der Waals surface area contributed by atoms with Crippen molar-refractivity contribution in [2.75, 3.05) is 5.32 Å². The van der Waals surface area contributed by atoms with Gasteiger partial charge in [0.2, 0.25) is 11.7 Å². The summed E-state index contributed by atoms with van der Waals surface area (Å²) in [4.78, 5) is 33.2. The van der Waals surface area contributed by atoms with Crippen LogP contribution in [0, 0.1) is 15.5 Å². The Morgan fingerprint density at radius 2 is 1.90 bits per heavy atom. The first kappa shape index (κ1) is 16.9. The predicted octanol–water partition coefficient (Wildman–Crippen LogP) is 2.75. The molecule has 1 rings (SSSR count). The number of hydrogen-bond donors (Lipinski definition) is 3. The summed E-state index contributed by atoms with van der Waals surface area (Å²) in [7, 11) is 0. The van der Waals surface area contributed by atoms with E-state index in [0.717, 1.165) is 6.07 Å². The Hall–Kier alpha value is -2.16. The maximum atomic E-state index is 11.9. The fourth-order valence-electron chi connectivity index (χ4n) is 1.40. The number of hydrogen-bond acceptors (Lipinski definition) is 5. The van der Waals surface area contributed by atoms with Crippen molar-refractivity contribution in [2.45, 2.75) is 20.8 Å². The van der Waals surface area contributed by atoms with Crippen LogP contribution in [0.15, 0.2) is 10.5 Å². The van der Waals surface area contributed by atoms with E-state index in [9.17, 15) is 24.8 Å². The van der Waals surface area contributed by atoms with Crippen LogP contribution in [0.3, 0.4) is 0 Å². The molecule has 0 aliphatic carbocycles. The lowest BCUT2D eigenvalue weighted by Gasteiger charge is -2.19. The number of nitro groups is 1. The largest absolute Gasteiger partial charge is 0.501 e. The number of nitro benzene ring substituents is 1. The number of halogens is 1. The molecule has 0 spiro atoms. The topological polar surface area (TPSA) is 130 Å². The van der Waals surface area contributed by atoms with Gasteiger partial charge in [-0.15, -0.1) is 0 Å². The van der Waals surface area contributed by atoms with Gasteiger partial charge < -0.3 is 15.5 Å². The molecule has 0 saturated heterocycles. The zero-order chi connectivity index (χ0) is 16.5. The first-order valence-corrected chi connectivity index (χ1v) is 6.50. The van der Waals surface area contributed by atoms with Crippen LogP contribution in [0.25, 0.3) is 0 Å². The molecule has 0 atom stereocenters. The van der Waals surface area contributed by atoms with Crippen LogP contribution in [0.1, 0.15) is 31.1 Å². The molecule has 21 heavy (non-hydrogen) atoms. The van der Waals surface area contributed by atoms with Crippen LogP contribution in [-0.2, 0) is 4.79 Å². The number of nitrogens with zero attached hydrogens (tertiary/aromatic N) is 1. The fourth-order valence-corrected chi connectivity index (χ4v) is 1.96. The number of benzene rings is 1. The monoisotopic (exact) mass is 360 g/mol. The minimum Gasteiger partial charge on any atom is -0.501 e. The molecule has 0 fully saturated rings. The molecule has 0 aliphatic rings. The Morgan fingerprint density at radius 1 is 1.38 bits per heavy atom. The van der Waals surface area contributed by atoms with Crippen molar-refractivity contribution in [1.82, 2.24) is 0 Å². The van der Waals surface area contributed by atoms with Crippen LogP contribution in [-0.4, -0.2) is 27.0 Å². The van der Waals surface area contributed by atoms with Gasteiger partial charge in [0.15, 0.2) is 0 Å². The molecular formula is C12H13BrN2O6. The van der Waals surface area contributed by atoms with Gasteiger partial charge in [-0.05, 0) is 22.0 Å². The van der Waals surface area contributed by atoms with Crippen LogP contribution in [0.2, 0.25) is 0 Å². The molecule has 114 valence electrons. The van der Waals surface area contributed by atoms with E-state index in [4.69, 9.17) is 5.11 Å². The number of rotatable bonds is 3. The van der Waals surface area contributed by atoms with E-state index in [1.165, 1.54) is 0 Å². The van der Waals surface area contributed by atoms with E-state index in [-0.39, 0.29) is 4.47 Å². The molecular weight excluding hydrogens is 348 g/mol. The predicted molar refractivity (Wildman–Crippen MR) is 77.5 cm³/mol. The number of carbonyl (C=O) groups is 2. The van der Waals surface area contributed by atoms with E-state index in [1.807, 2.05) is 0 Å². The third kappa shape index (κ3) is 3.48. The van der Waals surface area contributed by atoms with Crippen molar-refractivity contribution >= 4 is 39.2 Å². The second-order valence-corrected chi connectivity index (χ2v) is 6.10. The summed E-state index contributed by atoms with van der Waals surface area (Å²) in [6, 6.07) is 0.957. The van der Waals surface area contributed by atoms with Gasteiger partial charge >= 0.3 is 11.7 Å². The second-order valence-electron chi connectivity index (χ2n) is 5.24. The first-order valence-electron chi connectivity index (χ1n) is 5.71. The number of carbonyl (C=O) groups excluding carboxylic acids is 1. The number of aromatic hydroxyl groups is 1. The van der Waals surface area contributed by atoms with Gasteiger partial charge in [-0.1, -0.05) is 20.8 Å². The fraction of sp³-hybridized carbons (Fsp3) is 0.333. The molecule has 8 nitrogen and oxygen atoms in total. The Labute approximate surface area is 128 Å². The summed E-state index contributed by atoms with van der Waals surface area (Å²) < 4.78 is -0.198. The summed E-state index contributed by atoms with van der Waals surface area (Å²) >= 11 is 2.83. The normalized spacial score (nSPS) is 11.0.